The third-order valence-corrected chi connectivity index (χ3v) is 4.73. The minimum atomic E-state index is -3.65. The quantitative estimate of drug-likeness (QED) is 0.915. The van der Waals surface area contributed by atoms with E-state index in [9.17, 15) is 13.2 Å². The van der Waals surface area contributed by atoms with Crippen LogP contribution in [0.15, 0.2) is 33.6 Å². The fraction of sp³-hybridized carbons (Fsp3) is 0.429. The molecule has 1 N–H and O–H groups in total. The van der Waals surface area contributed by atoms with Crippen LogP contribution in [0.25, 0.3) is 0 Å². The normalized spacial score (nSPS) is 16.4. The van der Waals surface area contributed by atoms with Crippen LogP contribution in [0.3, 0.4) is 0 Å². The molecule has 0 saturated heterocycles. The van der Waals surface area contributed by atoms with E-state index in [1.807, 2.05) is 20.8 Å². The van der Waals surface area contributed by atoms with E-state index < -0.39 is 10.0 Å². The minimum absolute atomic E-state index is 0.0272. The summed E-state index contributed by atoms with van der Waals surface area (Å²) >= 11 is 0. The first kappa shape index (κ1) is 15.5. The number of carbonyl (C=O) groups is 1. The van der Waals surface area contributed by atoms with Crippen LogP contribution in [-0.2, 0) is 14.8 Å². The zero-order valence-corrected chi connectivity index (χ0v) is 13.1. The van der Waals surface area contributed by atoms with Crippen LogP contribution in [0.5, 0.6) is 0 Å². The Bertz CT molecular complexity index is 680. The summed E-state index contributed by atoms with van der Waals surface area (Å²) in [6.07, 6.45) is 1.99. The molecule has 1 aliphatic heterocycles. The van der Waals surface area contributed by atoms with Gasteiger partial charge in [-0.1, -0.05) is 19.1 Å². The van der Waals surface area contributed by atoms with E-state index in [4.69, 9.17) is 0 Å². The Morgan fingerprint density at radius 1 is 1.33 bits per heavy atom. The lowest BCUT2D eigenvalue weighted by Crippen LogP contribution is -2.47. The average molecular weight is 309 g/mol. The van der Waals surface area contributed by atoms with Crippen molar-refractivity contribution in [1.82, 2.24) is 5.32 Å². The summed E-state index contributed by atoms with van der Waals surface area (Å²) in [6, 6.07) is 6.52. The Labute approximate surface area is 124 Å². The third kappa shape index (κ3) is 3.41. The topological polar surface area (TPSA) is 78.8 Å². The van der Waals surface area contributed by atoms with E-state index >= 15 is 0 Å². The van der Waals surface area contributed by atoms with Crippen molar-refractivity contribution in [1.29, 1.82) is 0 Å². The monoisotopic (exact) mass is 309 g/mol. The maximum atomic E-state index is 12.1. The first-order valence-corrected chi connectivity index (χ1v) is 8.16. The molecule has 0 spiro atoms. The van der Waals surface area contributed by atoms with Crippen molar-refractivity contribution in [2.75, 3.05) is 11.4 Å². The molecule has 7 heteroatoms. The molecule has 1 aromatic carbocycles. The second kappa shape index (κ2) is 5.48. The van der Waals surface area contributed by atoms with Crippen molar-refractivity contribution in [3.8, 4) is 0 Å². The maximum absolute atomic E-state index is 12.1. The Balaban J connectivity index is 2.21. The Hall–Kier alpha value is -1.89. The second-order valence-corrected chi connectivity index (χ2v) is 7.18. The zero-order chi connectivity index (χ0) is 15.7. The number of nitrogens with zero attached hydrogens (tertiary/aromatic N) is 2. The van der Waals surface area contributed by atoms with Crippen molar-refractivity contribution in [3.63, 3.8) is 0 Å². The lowest BCUT2D eigenvalue weighted by Gasteiger charge is -2.28. The molecule has 0 aliphatic carbocycles. The van der Waals surface area contributed by atoms with Crippen LogP contribution in [-0.4, -0.2) is 32.7 Å². The number of amides is 1. The highest BCUT2D eigenvalue weighted by Crippen LogP contribution is 2.28. The van der Waals surface area contributed by atoms with Crippen molar-refractivity contribution >= 4 is 28.0 Å². The van der Waals surface area contributed by atoms with Crippen LogP contribution >= 0.6 is 0 Å². The molecule has 114 valence electrons. The van der Waals surface area contributed by atoms with Gasteiger partial charge in [-0.2, -0.15) is 8.42 Å². The van der Waals surface area contributed by atoms with Crippen LogP contribution in [0, 0.1) is 0 Å². The van der Waals surface area contributed by atoms with Gasteiger partial charge in [-0.05, 0) is 32.4 Å². The number of para-hydroxylation sites is 1. The summed E-state index contributed by atoms with van der Waals surface area (Å²) in [7, 11) is -3.65. The van der Waals surface area contributed by atoms with Crippen molar-refractivity contribution in [2.24, 2.45) is 4.40 Å². The number of carbonyl (C=O) groups excluding carboxylic acids is 1. The Kier molecular flexibility index (Phi) is 4.04. The lowest BCUT2D eigenvalue weighted by atomic mass is 10.0. The van der Waals surface area contributed by atoms with Gasteiger partial charge < -0.3 is 10.2 Å². The standard InChI is InChI=1S/C14H19N3O3S/c1-4-14(2,3)16-13(18)9-17-10-15-21(19,20)12-8-6-5-7-11(12)17/h5-8,10H,4,9H2,1-3H3,(H,16,18). The molecule has 0 fully saturated rings. The summed E-state index contributed by atoms with van der Waals surface area (Å²) in [4.78, 5) is 13.8. The van der Waals surface area contributed by atoms with E-state index in [2.05, 4.69) is 9.71 Å². The Morgan fingerprint density at radius 3 is 2.67 bits per heavy atom. The van der Waals surface area contributed by atoms with Crippen LogP contribution in [0.4, 0.5) is 5.69 Å². The van der Waals surface area contributed by atoms with Gasteiger partial charge in [0.25, 0.3) is 10.0 Å². The fourth-order valence-corrected chi connectivity index (χ4v) is 2.99. The van der Waals surface area contributed by atoms with Crippen LogP contribution in [0.2, 0.25) is 0 Å². The van der Waals surface area contributed by atoms with E-state index in [-0.39, 0.29) is 22.9 Å². The maximum Gasteiger partial charge on any atom is 0.285 e. The number of anilines is 1. The number of hydrogen-bond donors (Lipinski definition) is 1. The summed E-state index contributed by atoms with van der Waals surface area (Å²) in [5, 5.41) is 2.91. The smallest absolute Gasteiger partial charge is 0.285 e. The fourth-order valence-electron chi connectivity index (χ4n) is 1.94. The van der Waals surface area contributed by atoms with Crippen molar-refractivity contribution in [3.05, 3.63) is 24.3 Å². The van der Waals surface area contributed by atoms with Gasteiger partial charge in [-0.15, -0.1) is 4.40 Å². The number of sulfonamides is 1. The van der Waals surface area contributed by atoms with Gasteiger partial charge in [0, 0.05) is 5.54 Å². The van der Waals surface area contributed by atoms with Crippen LogP contribution in [0.1, 0.15) is 27.2 Å². The molecule has 0 aromatic heterocycles. The molecular formula is C14H19N3O3S. The number of fused-ring (bicyclic) bond motifs is 1. The number of nitrogens with one attached hydrogen (secondary N) is 1. The summed E-state index contributed by atoms with van der Waals surface area (Å²) in [5.41, 5.74) is 0.173. The highest BCUT2D eigenvalue weighted by molar-refractivity contribution is 7.90. The van der Waals surface area contributed by atoms with Crippen molar-refractivity contribution in [2.45, 2.75) is 37.6 Å². The predicted octanol–water partition coefficient (Wildman–Crippen LogP) is 1.53. The van der Waals surface area contributed by atoms with Gasteiger partial charge >= 0.3 is 0 Å². The summed E-state index contributed by atoms with van der Waals surface area (Å²) < 4.78 is 27.3. The number of rotatable bonds is 4. The lowest BCUT2D eigenvalue weighted by molar-refractivity contribution is -0.121. The van der Waals surface area contributed by atoms with E-state index in [0.29, 0.717) is 5.69 Å². The van der Waals surface area contributed by atoms with Crippen molar-refractivity contribution < 1.29 is 13.2 Å². The van der Waals surface area contributed by atoms with E-state index in [1.165, 1.54) is 17.3 Å². The molecule has 0 saturated carbocycles. The first-order valence-electron chi connectivity index (χ1n) is 6.72. The van der Waals surface area contributed by atoms with E-state index in [1.54, 1.807) is 18.2 Å². The molecule has 6 nitrogen and oxygen atoms in total. The average Bonchev–Trinajstić information content (AvgIpc) is 2.42. The molecule has 0 unspecified atom stereocenters. The molecule has 0 atom stereocenters. The summed E-state index contributed by atoms with van der Waals surface area (Å²) in [6.45, 7) is 5.89. The minimum Gasteiger partial charge on any atom is -0.350 e. The van der Waals surface area contributed by atoms with Gasteiger partial charge in [-0.25, -0.2) is 0 Å². The molecule has 1 amide bonds. The number of hydrogen-bond acceptors (Lipinski definition) is 4. The molecule has 0 radical (unpaired) electrons. The molecule has 0 bridgehead atoms. The molecule has 1 aromatic rings. The predicted molar refractivity (Wildman–Crippen MR) is 82.0 cm³/mol. The van der Waals surface area contributed by atoms with Gasteiger partial charge in [0.15, 0.2) is 0 Å². The van der Waals surface area contributed by atoms with Gasteiger partial charge in [0.1, 0.15) is 17.8 Å². The van der Waals surface area contributed by atoms with Gasteiger partial charge in [0.05, 0.1) is 5.69 Å². The molecule has 1 aliphatic rings. The van der Waals surface area contributed by atoms with Gasteiger partial charge in [0.2, 0.25) is 5.91 Å². The molecule has 21 heavy (non-hydrogen) atoms. The third-order valence-electron chi connectivity index (χ3n) is 3.45. The van der Waals surface area contributed by atoms with Gasteiger partial charge in [-0.3, -0.25) is 4.79 Å². The summed E-state index contributed by atoms with van der Waals surface area (Å²) in [5.74, 6) is -0.178. The highest BCUT2D eigenvalue weighted by Gasteiger charge is 2.27. The van der Waals surface area contributed by atoms with Crippen LogP contribution < -0.4 is 10.2 Å². The molecule has 1 heterocycles. The largest absolute Gasteiger partial charge is 0.350 e. The molecular weight excluding hydrogens is 290 g/mol. The highest BCUT2D eigenvalue weighted by atomic mass is 32.2. The first-order chi connectivity index (χ1) is 9.75. The second-order valence-electron chi connectivity index (χ2n) is 5.58. The number of benzene rings is 1. The SMILES string of the molecule is CCC(C)(C)NC(=O)CN1C=NS(=O)(=O)c2ccccc21. The molecule has 2 rings (SSSR count). The zero-order valence-electron chi connectivity index (χ0n) is 12.3. The van der Waals surface area contributed by atoms with E-state index in [0.717, 1.165) is 6.42 Å². The Morgan fingerprint density at radius 2 is 2.00 bits per heavy atom.